The lowest BCUT2D eigenvalue weighted by Gasteiger charge is -2.42. The van der Waals surface area contributed by atoms with Gasteiger partial charge in [-0.1, -0.05) is 12.1 Å². The van der Waals surface area contributed by atoms with Crippen molar-refractivity contribution in [2.75, 3.05) is 47.1 Å². The molecule has 1 aromatic carbocycles. The average molecular weight is 309 g/mol. The highest BCUT2D eigenvalue weighted by Gasteiger charge is 2.33. The summed E-state index contributed by atoms with van der Waals surface area (Å²) < 4.78 is 22.4. The molecule has 22 heavy (non-hydrogen) atoms. The van der Waals surface area contributed by atoms with E-state index in [4.69, 9.17) is 18.9 Å². The second-order valence-corrected chi connectivity index (χ2v) is 6.19. The third-order valence-corrected chi connectivity index (χ3v) is 3.64. The number of para-hydroxylation sites is 2. The van der Waals surface area contributed by atoms with Crippen molar-refractivity contribution in [3.8, 4) is 11.5 Å². The minimum absolute atomic E-state index is 0.111. The fourth-order valence-electron chi connectivity index (χ4n) is 2.88. The van der Waals surface area contributed by atoms with E-state index in [1.807, 2.05) is 24.3 Å². The summed E-state index contributed by atoms with van der Waals surface area (Å²) in [6.45, 7) is 8.08. The minimum Gasteiger partial charge on any atom is -0.493 e. The van der Waals surface area contributed by atoms with Crippen molar-refractivity contribution in [2.45, 2.75) is 25.6 Å². The molecule has 0 saturated carbocycles. The van der Waals surface area contributed by atoms with Gasteiger partial charge in [0.2, 0.25) is 0 Å². The molecule has 0 bridgehead atoms. The molecule has 2 rings (SSSR count). The van der Waals surface area contributed by atoms with Gasteiger partial charge in [-0.05, 0) is 26.0 Å². The van der Waals surface area contributed by atoms with E-state index in [0.29, 0.717) is 13.2 Å². The van der Waals surface area contributed by atoms with E-state index in [-0.39, 0.29) is 11.7 Å². The van der Waals surface area contributed by atoms with Gasteiger partial charge in [-0.3, -0.25) is 4.90 Å². The summed E-state index contributed by atoms with van der Waals surface area (Å²) in [6, 6.07) is 7.72. The van der Waals surface area contributed by atoms with E-state index in [9.17, 15) is 0 Å². The molecule has 124 valence electrons. The first kappa shape index (κ1) is 17.1. The van der Waals surface area contributed by atoms with E-state index in [1.165, 1.54) is 0 Å². The summed E-state index contributed by atoms with van der Waals surface area (Å²) in [4.78, 5) is 2.36. The summed E-state index contributed by atoms with van der Waals surface area (Å²) >= 11 is 0. The number of rotatable bonds is 7. The van der Waals surface area contributed by atoms with Gasteiger partial charge in [0.1, 0.15) is 6.61 Å². The molecule has 1 atom stereocenters. The third-order valence-electron chi connectivity index (χ3n) is 3.64. The zero-order valence-electron chi connectivity index (χ0n) is 14.0. The Morgan fingerprint density at radius 2 is 1.95 bits per heavy atom. The van der Waals surface area contributed by atoms with Crippen LogP contribution >= 0.6 is 0 Å². The fourth-order valence-corrected chi connectivity index (χ4v) is 2.88. The zero-order chi connectivity index (χ0) is 16.0. The van der Waals surface area contributed by atoms with Crippen molar-refractivity contribution in [2.24, 2.45) is 0 Å². The molecule has 1 fully saturated rings. The van der Waals surface area contributed by atoms with Gasteiger partial charge in [-0.25, -0.2) is 0 Å². The zero-order valence-corrected chi connectivity index (χ0v) is 14.0. The Bertz CT molecular complexity index is 464. The summed E-state index contributed by atoms with van der Waals surface area (Å²) in [5, 5.41) is 0. The molecule has 1 heterocycles. The molecule has 0 spiro atoms. The van der Waals surface area contributed by atoms with Gasteiger partial charge >= 0.3 is 0 Å². The molecule has 0 aliphatic carbocycles. The van der Waals surface area contributed by atoms with Gasteiger partial charge in [0.25, 0.3) is 0 Å². The van der Waals surface area contributed by atoms with Gasteiger partial charge in [0, 0.05) is 26.7 Å². The summed E-state index contributed by atoms with van der Waals surface area (Å²) in [5.41, 5.74) is -0.161. The average Bonchev–Trinajstić information content (AvgIpc) is 2.46. The van der Waals surface area contributed by atoms with Crippen molar-refractivity contribution in [1.29, 1.82) is 0 Å². The monoisotopic (exact) mass is 309 g/mol. The SMILES string of the molecule is COC[C@@H]1CN(CCOc2ccccc2OC)CC(C)(C)O1. The lowest BCUT2D eigenvalue weighted by Crippen LogP contribution is -2.54. The van der Waals surface area contributed by atoms with E-state index >= 15 is 0 Å². The largest absolute Gasteiger partial charge is 0.493 e. The molecule has 0 unspecified atom stereocenters. The molecule has 1 aromatic rings. The number of hydrogen-bond acceptors (Lipinski definition) is 5. The Morgan fingerprint density at radius 1 is 1.23 bits per heavy atom. The number of benzene rings is 1. The van der Waals surface area contributed by atoms with Crippen LogP contribution in [-0.2, 0) is 9.47 Å². The molecule has 1 saturated heterocycles. The lowest BCUT2D eigenvalue weighted by atomic mass is 10.1. The third kappa shape index (κ3) is 4.87. The molecule has 0 amide bonds. The summed E-state index contributed by atoms with van der Waals surface area (Å²) in [5.74, 6) is 1.55. The molecule has 1 aliphatic heterocycles. The van der Waals surface area contributed by atoms with Gasteiger partial charge < -0.3 is 18.9 Å². The van der Waals surface area contributed by atoms with E-state index in [1.54, 1.807) is 14.2 Å². The van der Waals surface area contributed by atoms with Crippen LogP contribution in [0.1, 0.15) is 13.8 Å². The number of morpholine rings is 1. The first-order chi connectivity index (χ1) is 10.5. The summed E-state index contributed by atoms with van der Waals surface area (Å²) in [7, 11) is 3.36. The second-order valence-electron chi connectivity index (χ2n) is 6.19. The molecular formula is C17H27NO4. The molecule has 5 heteroatoms. The molecule has 1 aliphatic rings. The highest BCUT2D eigenvalue weighted by atomic mass is 16.5. The molecule has 5 nitrogen and oxygen atoms in total. The van der Waals surface area contributed by atoms with Gasteiger partial charge in [-0.2, -0.15) is 0 Å². The summed E-state index contributed by atoms with van der Waals surface area (Å²) in [6.07, 6.45) is 0.111. The van der Waals surface area contributed by atoms with Crippen LogP contribution in [0.2, 0.25) is 0 Å². The highest BCUT2D eigenvalue weighted by molar-refractivity contribution is 5.39. The van der Waals surface area contributed by atoms with Crippen molar-refractivity contribution >= 4 is 0 Å². The standard InChI is InChI=1S/C17H27NO4/c1-17(2)13-18(11-14(22-17)12-19-3)9-10-21-16-8-6-5-7-15(16)20-4/h5-8,14H,9-13H2,1-4H3/t14-/m0/s1. The van der Waals surface area contributed by atoms with Crippen LogP contribution in [-0.4, -0.2) is 63.7 Å². The lowest BCUT2D eigenvalue weighted by molar-refractivity contribution is -0.153. The second kappa shape index (κ2) is 7.81. The smallest absolute Gasteiger partial charge is 0.161 e. The highest BCUT2D eigenvalue weighted by Crippen LogP contribution is 2.26. The van der Waals surface area contributed by atoms with Crippen LogP contribution in [0.4, 0.5) is 0 Å². The molecule has 0 N–H and O–H groups in total. The van der Waals surface area contributed by atoms with Gasteiger partial charge in [-0.15, -0.1) is 0 Å². The van der Waals surface area contributed by atoms with Crippen molar-refractivity contribution < 1.29 is 18.9 Å². The van der Waals surface area contributed by atoms with Crippen molar-refractivity contribution in [1.82, 2.24) is 4.90 Å². The Morgan fingerprint density at radius 3 is 2.64 bits per heavy atom. The normalized spacial score (nSPS) is 21.5. The van der Waals surface area contributed by atoms with Crippen LogP contribution in [0.15, 0.2) is 24.3 Å². The number of ether oxygens (including phenoxy) is 4. The van der Waals surface area contributed by atoms with Crippen LogP contribution in [0.3, 0.4) is 0 Å². The van der Waals surface area contributed by atoms with Crippen LogP contribution in [0, 0.1) is 0 Å². The minimum atomic E-state index is -0.161. The Balaban J connectivity index is 1.85. The molecule has 0 radical (unpaired) electrons. The molecule has 0 aromatic heterocycles. The quantitative estimate of drug-likeness (QED) is 0.772. The van der Waals surface area contributed by atoms with Crippen LogP contribution in [0.25, 0.3) is 0 Å². The van der Waals surface area contributed by atoms with Crippen LogP contribution < -0.4 is 9.47 Å². The maximum atomic E-state index is 6.02. The topological polar surface area (TPSA) is 40.2 Å². The maximum absolute atomic E-state index is 6.02. The van der Waals surface area contributed by atoms with Crippen molar-refractivity contribution in [3.63, 3.8) is 0 Å². The molecular weight excluding hydrogens is 282 g/mol. The van der Waals surface area contributed by atoms with Gasteiger partial charge in [0.15, 0.2) is 11.5 Å². The maximum Gasteiger partial charge on any atom is 0.161 e. The van der Waals surface area contributed by atoms with E-state index < -0.39 is 0 Å². The first-order valence-corrected chi connectivity index (χ1v) is 7.69. The van der Waals surface area contributed by atoms with E-state index in [2.05, 4.69) is 18.7 Å². The predicted octanol–water partition coefficient (Wildman–Crippen LogP) is 2.20. The predicted molar refractivity (Wildman–Crippen MR) is 85.8 cm³/mol. The number of hydrogen-bond donors (Lipinski definition) is 0. The van der Waals surface area contributed by atoms with Gasteiger partial charge in [0.05, 0.1) is 25.4 Å². The fraction of sp³-hybridized carbons (Fsp3) is 0.647. The Labute approximate surface area is 133 Å². The Kier molecular flexibility index (Phi) is 6.06. The van der Waals surface area contributed by atoms with E-state index in [0.717, 1.165) is 31.1 Å². The number of methoxy groups -OCH3 is 2. The van der Waals surface area contributed by atoms with Crippen LogP contribution in [0.5, 0.6) is 11.5 Å². The first-order valence-electron chi connectivity index (χ1n) is 7.69. The van der Waals surface area contributed by atoms with Crippen molar-refractivity contribution in [3.05, 3.63) is 24.3 Å². The Hall–Kier alpha value is -1.30. The number of nitrogens with zero attached hydrogens (tertiary/aromatic N) is 1.